The third-order valence-corrected chi connectivity index (χ3v) is 4.21. The van der Waals surface area contributed by atoms with Crippen LogP contribution in [0.4, 0.5) is 0 Å². The Labute approximate surface area is 130 Å². The first kappa shape index (κ1) is 15.8. The van der Waals surface area contributed by atoms with Gasteiger partial charge in [0.05, 0.1) is 10.5 Å². The highest BCUT2D eigenvalue weighted by atomic mass is 35.5. The molecule has 2 rings (SSSR count). The SMILES string of the molecule is CCC(C)c1cc(Cl)c2nc(C)c(C)c(OC(C)=O)c2c1. The lowest BCUT2D eigenvalue weighted by Crippen LogP contribution is -2.06. The van der Waals surface area contributed by atoms with E-state index in [1.807, 2.05) is 26.0 Å². The minimum atomic E-state index is -0.338. The highest BCUT2D eigenvalue weighted by Gasteiger charge is 2.17. The van der Waals surface area contributed by atoms with Gasteiger partial charge in [-0.2, -0.15) is 0 Å². The molecule has 1 unspecified atom stereocenters. The number of fused-ring (bicyclic) bond motifs is 1. The molecule has 112 valence electrons. The first-order valence-corrected chi connectivity index (χ1v) is 7.51. The molecule has 1 aromatic heterocycles. The molecule has 4 heteroatoms. The van der Waals surface area contributed by atoms with Crippen LogP contribution < -0.4 is 4.74 Å². The molecule has 0 aliphatic carbocycles. The quantitative estimate of drug-likeness (QED) is 0.754. The lowest BCUT2D eigenvalue weighted by molar-refractivity contribution is -0.131. The summed E-state index contributed by atoms with van der Waals surface area (Å²) < 4.78 is 5.42. The van der Waals surface area contributed by atoms with Gasteiger partial charge >= 0.3 is 5.97 Å². The monoisotopic (exact) mass is 305 g/mol. The molecule has 0 aliphatic rings. The largest absolute Gasteiger partial charge is 0.426 e. The number of benzene rings is 1. The van der Waals surface area contributed by atoms with Gasteiger partial charge in [0.2, 0.25) is 0 Å². The fourth-order valence-corrected chi connectivity index (χ4v) is 2.59. The smallest absolute Gasteiger partial charge is 0.308 e. The second-order valence-electron chi connectivity index (χ2n) is 5.45. The van der Waals surface area contributed by atoms with Crippen LogP contribution >= 0.6 is 11.6 Å². The zero-order chi connectivity index (χ0) is 15.7. The van der Waals surface area contributed by atoms with Gasteiger partial charge < -0.3 is 4.74 Å². The summed E-state index contributed by atoms with van der Waals surface area (Å²) in [4.78, 5) is 16.0. The maximum atomic E-state index is 11.4. The molecule has 1 aromatic carbocycles. The van der Waals surface area contributed by atoms with E-state index in [4.69, 9.17) is 16.3 Å². The molecular formula is C17H20ClNO2. The summed E-state index contributed by atoms with van der Waals surface area (Å²) in [7, 11) is 0. The number of pyridine rings is 1. The molecule has 0 saturated carbocycles. The van der Waals surface area contributed by atoms with Gasteiger partial charge in [-0.05, 0) is 43.9 Å². The van der Waals surface area contributed by atoms with Crippen LogP contribution in [0.1, 0.15) is 49.9 Å². The van der Waals surface area contributed by atoms with Crippen molar-refractivity contribution in [1.82, 2.24) is 4.98 Å². The van der Waals surface area contributed by atoms with Crippen molar-refractivity contribution >= 4 is 28.5 Å². The normalized spacial score (nSPS) is 12.5. The second-order valence-corrected chi connectivity index (χ2v) is 5.86. The van der Waals surface area contributed by atoms with Crippen LogP contribution in [-0.2, 0) is 4.79 Å². The van der Waals surface area contributed by atoms with E-state index in [2.05, 4.69) is 18.8 Å². The topological polar surface area (TPSA) is 39.2 Å². The van der Waals surface area contributed by atoms with Crippen LogP contribution in [-0.4, -0.2) is 11.0 Å². The summed E-state index contributed by atoms with van der Waals surface area (Å²) in [6, 6.07) is 3.99. The molecule has 0 radical (unpaired) electrons. The molecule has 0 N–H and O–H groups in total. The Morgan fingerprint density at radius 1 is 1.38 bits per heavy atom. The Balaban J connectivity index is 2.80. The number of hydrogen-bond acceptors (Lipinski definition) is 3. The summed E-state index contributed by atoms with van der Waals surface area (Å²) >= 11 is 6.39. The first-order valence-electron chi connectivity index (χ1n) is 7.13. The van der Waals surface area contributed by atoms with Crippen molar-refractivity contribution in [2.75, 3.05) is 0 Å². The molecule has 0 aliphatic heterocycles. The fraction of sp³-hybridized carbons (Fsp3) is 0.412. The minimum absolute atomic E-state index is 0.338. The number of esters is 1. The number of aryl methyl sites for hydroxylation is 1. The maximum Gasteiger partial charge on any atom is 0.308 e. The Bertz CT molecular complexity index is 710. The molecule has 2 aromatic rings. The van der Waals surface area contributed by atoms with Crippen LogP contribution in [0.2, 0.25) is 5.02 Å². The lowest BCUT2D eigenvalue weighted by atomic mass is 9.96. The second kappa shape index (κ2) is 6.02. The summed E-state index contributed by atoms with van der Waals surface area (Å²) in [6.45, 7) is 9.48. The Morgan fingerprint density at radius 3 is 2.62 bits per heavy atom. The molecule has 1 atom stereocenters. The predicted octanol–water partition coefficient (Wildman–Crippen LogP) is 4.94. The van der Waals surface area contributed by atoms with Crippen LogP contribution in [0.5, 0.6) is 5.75 Å². The molecule has 0 bridgehead atoms. The number of ether oxygens (including phenoxy) is 1. The van der Waals surface area contributed by atoms with Gasteiger partial charge in [0.1, 0.15) is 5.75 Å². The van der Waals surface area contributed by atoms with Crippen molar-refractivity contribution in [3.63, 3.8) is 0 Å². The maximum absolute atomic E-state index is 11.4. The number of rotatable bonds is 3. The molecule has 0 spiro atoms. The van der Waals surface area contributed by atoms with Crippen molar-refractivity contribution < 1.29 is 9.53 Å². The van der Waals surface area contributed by atoms with E-state index < -0.39 is 0 Å². The zero-order valence-corrected chi connectivity index (χ0v) is 13.8. The van der Waals surface area contributed by atoms with E-state index in [1.165, 1.54) is 6.92 Å². The van der Waals surface area contributed by atoms with E-state index in [1.54, 1.807) is 0 Å². The number of hydrogen-bond donors (Lipinski definition) is 0. The number of carbonyl (C=O) groups is 1. The van der Waals surface area contributed by atoms with Gasteiger partial charge in [-0.1, -0.05) is 25.4 Å². The number of nitrogens with zero attached hydrogens (tertiary/aromatic N) is 1. The average molecular weight is 306 g/mol. The van der Waals surface area contributed by atoms with Crippen molar-refractivity contribution in [2.24, 2.45) is 0 Å². The Hall–Kier alpha value is -1.61. The molecule has 1 heterocycles. The van der Waals surface area contributed by atoms with Crippen molar-refractivity contribution in [2.45, 2.75) is 47.0 Å². The third-order valence-electron chi connectivity index (χ3n) is 3.92. The highest BCUT2D eigenvalue weighted by Crippen LogP contribution is 2.36. The Kier molecular flexibility index (Phi) is 4.52. The van der Waals surface area contributed by atoms with Crippen LogP contribution in [0.25, 0.3) is 10.9 Å². The van der Waals surface area contributed by atoms with Crippen molar-refractivity contribution in [3.05, 3.63) is 34.0 Å². The summed E-state index contributed by atoms with van der Waals surface area (Å²) in [5.74, 6) is 0.616. The molecular weight excluding hydrogens is 286 g/mol. The van der Waals surface area contributed by atoms with E-state index in [0.717, 1.165) is 28.6 Å². The van der Waals surface area contributed by atoms with E-state index in [-0.39, 0.29) is 5.97 Å². The third kappa shape index (κ3) is 3.03. The fourth-order valence-electron chi connectivity index (χ4n) is 2.32. The zero-order valence-electron chi connectivity index (χ0n) is 13.1. The Morgan fingerprint density at radius 2 is 2.05 bits per heavy atom. The summed E-state index contributed by atoms with van der Waals surface area (Å²) in [6.07, 6.45) is 1.02. The lowest BCUT2D eigenvalue weighted by Gasteiger charge is -2.16. The van der Waals surface area contributed by atoms with Gasteiger partial charge in [0.15, 0.2) is 0 Å². The van der Waals surface area contributed by atoms with Crippen molar-refractivity contribution in [1.29, 1.82) is 0 Å². The van der Waals surface area contributed by atoms with Gasteiger partial charge in [0.25, 0.3) is 0 Å². The number of carbonyl (C=O) groups excluding carboxylic acids is 1. The van der Waals surface area contributed by atoms with E-state index >= 15 is 0 Å². The first-order chi connectivity index (χ1) is 9.85. The average Bonchev–Trinajstić information content (AvgIpc) is 2.43. The molecule has 0 saturated heterocycles. The number of halogens is 1. The summed E-state index contributed by atoms with van der Waals surface area (Å²) in [5, 5.41) is 1.40. The highest BCUT2D eigenvalue weighted by molar-refractivity contribution is 6.35. The molecule has 21 heavy (non-hydrogen) atoms. The summed E-state index contributed by atoms with van der Waals surface area (Å²) in [5.41, 5.74) is 3.50. The molecule has 3 nitrogen and oxygen atoms in total. The van der Waals surface area contributed by atoms with Crippen LogP contribution in [0, 0.1) is 13.8 Å². The van der Waals surface area contributed by atoms with E-state index in [9.17, 15) is 4.79 Å². The van der Waals surface area contributed by atoms with Gasteiger partial charge in [0, 0.05) is 23.6 Å². The van der Waals surface area contributed by atoms with Gasteiger partial charge in [-0.25, -0.2) is 0 Å². The standard InChI is InChI=1S/C17H20ClNO2/c1-6-9(2)13-7-14-16(15(18)8-13)19-11(4)10(3)17(14)21-12(5)20/h7-9H,6H2,1-5H3. The molecule has 0 amide bonds. The van der Waals surface area contributed by atoms with Gasteiger partial charge in [-0.15, -0.1) is 0 Å². The van der Waals surface area contributed by atoms with Crippen molar-refractivity contribution in [3.8, 4) is 5.75 Å². The van der Waals surface area contributed by atoms with Crippen LogP contribution in [0.15, 0.2) is 12.1 Å². The predicted molar refractivity (Wildman–Crippen MR) is 86.2 cm³/mol. The number of aromatic nitrogens is 1. The van der Waals surface area contributed by atoms with E-state index in [0.29, 0.717) is 22.2 Å². The minimum Gasteiger partial charge on any atom is -0.426 e. The van der Waals surface area contributed by atoms with Gasteiger partial charge in [-0.3, -0.25) is 9.78 Å². The van der Waals surface area contributed by atoms with Crippen LogP contribution in [0.3, 0.4) is 0 Å². The molecule has 0 fully saturated rings.